The fourth-order valence-electron chi connectivity index (χ4n) is 5.33. The molecular formula is C30H20N2O2. The monoisotopic (exact) mass is 440 g/mol. The standard InChI is InChI=1S/C30H20N2O2/c33-27-16-6-14-25-29(27)21-10-1-3-12-23(21)31(25)19-8-5-9-20(18-19)32-24-13-4-2-11-22(24)30-26(32)15-7-17-28(30)34/h1-18,33-34H. The summed E-state index contributed by atoms with van der Waals surface area (Å²) in [6.45, 7) is 0. The van der Waals surface area contributed by atoms with Crippen LogP contribution in [0.1, 0.15) is 0 Å². The molecule has 2 aromatic heterocycles. The SMILES string of the molecule is Oc1cccc2c1c1ccccc1n2-c1cccc(-n2c3ccccc3c3c(O)cccc32)c1. The van der Waals surface area contributed by atoms with E-state index in [1.165, 1.54) is 0 Å². The zero-order chi connectivity index (χ0) is 22.8. The van der Waals surface area contributed by atoms with Gasteiger partial charge in [-0.25, -0.2) is 0 Å². The predicted molar refractivity (Wildman–Crippen MR) is 138 cm³/mol. The van der Waals surface area contributed by atoms with Gasteiger partial charge >= 0.3 is 0 Å². The summed E-state index contributed by atoms with van der Waals surface area (Å²) in [7, 11) is 0. The van der Waals surface area contributed by atoms with Crippen molar-refractivity contribution in [3.8, 4) is 22.9 Å². The Hall–Kier alpha value is -4.70. The molecule has 0 atom stereocenters. The second-order valence-corrected chi connectivity index (χ2v) is 8.57. The molecule has 2 N–H and O–H groups in total. The Morgan fingerprint density at radius 2 is 0.824 bits per heavy atom. The largest absolute Gasteiger partial charge is 0.507 e. The van der Waals surface area contributed by atoms with Crippen LogP contribution in [0.25, 0.3) is 55.0 Å². The topological polar surface area (TPSA) is 50.3 Å². The quantitative estimate of drug-likeness (QED) is 0.296. The van der Waals surface area contributed by atoms with Gasteiger partial charge in [0.25, 0.3) is 0 Å². The summed E-state index contributed by atoms with van der Waals surface area (Å²) in [5.74, 6) is 0.558. The third kappa shape index (κ3) is 2.48. The molecule has 4 nitrogen and oxygen atoms in total. The molecule has 0 aliphatic rings. The highest BCUT2D eigenvalue weighted by Crippen LogP contribution is 2.39. The summed E-state index contributed by atoms with van der Waals surface area (Å²) < 4.78 is 4.39. The fourth-order valence-corrected chi connectivity index (χ4v) is 5.33. The van der Waals surface area contributed by atoms with Crippen molar-refractivity contribution in [3.63, 3.8) is 0 Å². The van der Waals surface area contributed by atoms with Crippen molar-refractivity contribution in [1.29, 1.82) is 0 Å². The number of rotatable bonds is 2. The third-order valence-electron chi connectivity index (χ3n) is 6.70. The molecule has 5 aromatic carbocycles. The number of para-hydroxylation sites is 2. The smallest absolute Gasteiger partial charge is 0.125 e. The van der Waals surface area contributed by atoms with E-state index in [0.717, 1.165) is 55.0 Å². The number of benzene rings is 5. The Kier molecular flexibility index (Phi) is 3.82. The lowest BCUT2D eigenvalue weighted by Gasteiger charge is -2.12. The van der Waals surface area contributed by atoms with E-state index in [9.17, 15) is 10.2 Å². The van der Waals surface area contributed by atoms with Crippen molar-refractivity contribution in [3.05, 3.63) is 109 Å². The maximum Gasteiger partial charge on any atom is 0.125 e. The highest BCUT2D eigenvalue weighted by atomic mass is 16.3. The summed E-state index contributed by atoms with van der Waals surface area (Å²) in [6.07, 6.45) is 0. The first-order valence-corrected chi connectivity index (χ1v) is 11.3. The average molecular weight is 441 g/mol. The first-order valence-electron chi connectivity index (χ1n) is 11.3. The van der Waals surface area contributed by atoms with Gasteiger partial charge in [-0.05, 0) is 54.6 Å². The zero-order valence-electron chi connectivity index (χ0n) is 18.2. The van der Waals surface area contributed by atoms with Crippen LogP contribution < -0.4 is 0 Å². The number of nitrogens with zero attached hydrogens (tertiary/aromatic N) is 2. The zero-order valence-corrected chi connectivity index (χ0v) is 18.2. The summed E-state index contributed by atoms with van der Waals surface area (Å²) in [5.41, 5.74) is 5.99. The molecule has 0 spiro atoms. The molecule has 0 aliphatic carbocycles. The van der Waals surface area contributed by atoms with Gasteiger partial charge in [0.15, 0.2) is 0 Å². The molecule has 0 unspecified atom stereocenters. The normalized spacial score (nSPS) is 11.8. The van der Waals surface area contributed by atoms with E-state index < -0.39 is 0 Å². The van der Waals surface area contributed by atoms with Gasteiger partial charge < -0.3 is 19.3 Å². The minimum Gasteiger partial charge on any atom is -0.507 e. The molecule has 0 fully saturated rings. The van der Waals surface area contributed by atoms with Gasteiger partial charge in [-0.3, -0.25) is 0 Å². The fraction of sp³-hybridized carbons (Fsp3) is 0. The molecule has 34 heavy (non-hydrogen) atoms. The van der Waals surface area contributed by atoms with Crippen molar-refractivity contribution in [2.75, 3.05) is 0 Å². The molecule has 0 saturated carbocycles. The predicted octanol–water partition coefficient (Wildman–Crippen LogP) is 7.29. The van der Waals surface area contributed by atoms with E-state index in [-0.39, 0.29) is 11.5 Å². The van der Waals surface area contributed by atoms with E-state index in [2.05, 4.69) is 45.5 Å². The molecule has 0 saturated heterocycles. The number of hydrogen-bond acceptors (Lipinski definition) is 2. The number of phenolic OH excluding ortho intramolecular Hbond substituents is 2. The van der Waals surface area contributed by atoms with Crippen LogP contribution in [0.5, 0.6) is 11.5 Å². The van der Waals surface area contributed by atoms with Gasteiger partial charge in [0.05, 0.1) is 22.1 Å². The second kappa shape index (κ2) is 6.90. The van der Waals surface area contributed by atoms with Crippen molar-refractivity contribution in [2.24, 2.45) is 0 Å². The molecule has 0 bridgehead atoms. The van der Waals surface area contributed by atoms with Crippen molar-refractivity contribution >= 4 is 43.6 Å². The highest BCUT2D eigenvalue weighted by Gasteiger charge is 2.17. The Labute approximate surface area is 195 Å². The van der Waals surface area contributed by atoms with Crippen LogP contribution in [0, 0.1) is 0 Å². The van der Waals surface area contributed by atoms with E-state index in [4.69, 9.17) is 0 Å². The first kappa shape index (κ1) is 18.8. The molecule has 0 amide bonds. The van der Waals surface area contributed by atoms with Crippen LogP contribution >= 0.6 is 0 Å². The van der Waals surface area contributed by atoms with E-state index >= 15 is 0 Å². The second-order valence-electron chi connectivity index (χ2n) is 8.57. The number of aromatic hydroxyl groups is 2. The van der Waals surface area contributed by atoms with Gasteiger partial charge in [0.1, 0.15) is 11.5 Å². The molecule has 0 radical (unpaired) electrons. The summed E-state index contributed by atoms with van der Waals surface area (Å²) in [6, 6.07) is 36.0. The summed E-state index contributed by atoms with van der Waals surface area (Å²) >= 11 is 0. The maximum absolute atomic E-state index is 10.7. The molecule has 2 heterocycles. The van der Waals surface area contributed by atoms with E-state index in [1.807, 2.05) is 60.7 Å². The van der Waals surface area contributed by atoms with Crippen LogP contribution in [0.4, 0.5) is 0 Å². The van der Waals surface area contributed by atoms with Gasteiger partial charge in [0, 0.05) is 32.9 Å². The van der Waals surface area contributed by atoms with Crippen LogP contribution in [0.15, 0.2) is 109 Å². The Bertz CT molecular complexity index is 1760. The minimum atomic E-state index is 0.279. The minimum absolute atomic E-state index is 0.279. The summed E-state index contributed by atoms with van der Waals surface area (Å²) in [5, 5.41) is 25.0. The van der Waals surface area contributed by atoms with E-state index in [1.54, 1.807) is 12.1 Å². The van der Waals surface area contributed by atoms with E-state index in [0.29, 0.717) is 0 Å². The highest BCUT2D eigenvalue weighted by molar-refractivity contribution is 6.13. The lowest BCUT2D eigenvalue weighted by atomic mass is 10.1. The Morgan fingerprint density at radius 3 is 1.32 bits per heavy atom. The first-order chi connectivity index (χ1) is 16.7. The molecule has 7 rings (SSSR count). The lowest BCUT2D eigenvalue weighted by Crippen LogP contribution is -1.98. The van der Waals surface area contributed by atoms with Crippen molar-refractivity contribution < 1.29 is 10.2 Å². The third-order valence-corrected chi connectivity index (χ3v) is 6.70. The van der Waals surface area contributed by atoms with Gasteiger partial charge in [-0.15, -0.1) is 0 Å². The van der Waals surface area contributed by atoms with Crippen LogP contribution in [-0.4, -0.2) is 19.3 Å². The van der Waals surface area contributed by atoms with Gasteiger partial charge in [-0.1, -0.05) is 54.6 Å². The van der Waals surface area contributed by atoms with Gasteiger partial charge in [-0.2, -0.15) is 0 Å². The van der Waals surface area contributed by atoms with Crippen LogP contribution in [-0.2, 0) is 0 Å². The Morgan fingerprint density at radius 1 is 0.412 bits per heavy atom. The van der Waals surface area contributed by atoms with Crippen LogP contribution in [0.2, 0.25) is 0 Å². The lowest BCUT2D eigenvalue weighted by molar-refractivity contribution is 0.481. The van der Waals surface area contributed by atoms with Crippen LogP contribution in [0.3, 0.4) is 0 Å². The van der Waals surface area contributed by atoms with Crippen molar-refractivity contribution in [1.82, 2.24) is 9.13 Å². The van der Waals surface area contributed by atoms with Gasteiger partial charge in [0.2, 0.25) is 0 Å². The average Bonchev–Trinajstić information content (AvgIpc) is 3.39. The molecule has 4 heteroatoms. The molecule has 0 aliphatic heterocycles. The molecular weight excluding hydrogens is 420 g/mol. The number of aromatic nitrogens is 2. The van der Waals surface area contributed by atoms with Crippen molar-refractivity contribution in [2.45, 2.75) is 0 Å². The maximum atomic E-state index is 10.7. The number of phenols is 2. The molecule has 7 aromatic rings. The molecule has 162 valence electrons. The number of fused-ring (bicyclic) bond motifs is 6. The Balaban J connectivity index is 1.56. The summed E-state index contributed by atoms with van der Waals surface area (Å²) in [4.78, 5) is 0. The number of hydrogen-bond donors (Lipinski definition) is 2.